The van der Waals surface area contributed by atoms with Crippen LogP contribution in [0.4, 0.5) is 0 Å². The van der Waals surface area contributed by atoms with Crippen molar-refractivity contribution in [3.63, 3.8) is 0 Å². The third-order valence-electron chi connectivity index (χ3n) is 5.28. The van der Waals surface area contributed by atoms with Crippen molar-refractivity contribution in [2.24, 2.45) is 0 Å². The fraction of sp³-hybridized carbons (Fsp3) is 0.333. The summed E-state index contributed by atoms with van der Waals surface area (Å²) in [4.78, 5) is 27.8. The second-order valence-electron chi connectivity index (χ2n) is 8.01. The molecule has 32 heavy (non-hydrogen) atoms. The quantitative estimate of drug-likeness (QED) is 0.360. The van der Waals surface area contributed by atoms with Crippen molar-refractivity contribution in [1.29, 1.82) is 0 Å². The summed E-state index contributed by atoms with van der Waals surface area (Å²) >= 11 is 6.03. The van der Waals surface area contributed by atoms with Gasteiger partial charge in [0.15, 0.2) is 11.5 Å². The smallest absolute Gasteiger partial charge is 0.290 e. The SMILES string of the molecule is Cc1ccc(C2C(C(=O)c3cc4cc(Cl)ccc4o3)=C(O)C(=O)N2CCCOC(C)C)o1. The summed E-state index contributed by atoms with van der Waals surface area (Å²) in [5.41, 5.74) is 0.412. The molecule has 1 atom stereocenters. The molecular formula is C24H24ClNO6. The predicted octanol–water partition coefficient (Wildman–Crippen LogP) is 5.38. The molecule has 0 saturated carbocycles. The average Bonchev–Trinajstić information content (AvgIpc) is 3.42. The highest BCUT2D eigenvalue weighted by molar-refractivity contribution is 6.31. The predicted molar refractivity (Wildman–Crippen MR) is 119 cm³/mol. The van der Waals surface area contributed by atoms with Gasteiger partial charge in [0.25, 0.3) is 5.91 Å². The zero-order chi connectivity index (χ0) is 23.0. The number of aryl methyl sites for hydroxylation is 1. The Morgan fingerprint density at radius 2 is 2.00 bits per heavy atom. The molecule has 2 aromatic heterocycles. The molecule has 1 aromatic carbocycles. The standard InChI is InChI=1S/C24H24ClNO6/c1-13(2)30-10-4-9-26-21(18-7-5-14(3)31-18)20(23(28)24(26)29)22(27)19-12-15-11-16(25)6-8-17(15)32-19/h5-8,11-13,21,28H,4,9-10H2,1-3H3. The number of amides is 1. The van der Waals surface area contributed by atoms with Gasteiger partial charge in [0.2, 0.25) is 5.78 Å². The van der Waals surface area contributed by atoms with Crippen LogP contribution in [0.3, 0.4) is 0 Å². The maximum absolute atomic E-state index is 13.4. The Kier molecular flexibility index (Phi) is 6.13. The van der Waals surface area contributed by atoms with E-state index in [9.17, 15) is 14.7 Å². The molecule has 1 amide bonds. The second-order valence-corrected chi connectivity index (χ2v) is 8.44. The fourth-order valence-corrected chi connectivity index (χ4v) is 4.01. The fourth-order valence-electron chi connectivity index (χ4n) is 3.83. The third kappa shape index (κ3) is 4.18. The maximum atomic E-state index is 13.4. The van der Waals surface area contributed by atoms with Crippen LogP contribution in [0.2, 0.25) is 5.02 Å². The number of halogens is 1. The molecule has 8 heteroatoms. The van der Waals surface area contributed by atoms with Crippen molar-refractivity contribution in [1.82, 2.24) is 4.90 Å². The molecule has 1 unspecified atom stereocenters. The highest BCUT2D eigenvalue weighted by Gasteiger charge is 2.45. The Morgan fingerprint density at radius 1 is 1.22 bits per heavy atom. The van der Waals surface area contributed by atoms with Gasteiger partial charge in [-0.25, -0.2) is 0 Å². The van der Waals surface area contributed by atoms with Crippen LogP contribution < -0.4 is 0 Å². The number of ketones is 1. The van der Waals surface area contributed by atoms with E-state index in [0.717, 1.165) is 0 Å². The molecule has 168 valence electrons. The van der Waals surface area contributed by atoms with Gasteiger partial charge >= 0.3 is 0 Å². The highest BCUT2D eigenvalue weighted by Crippen LogP contribution is 2.40. The summed E-state index contributed by atoms with van der Waals surface area (Å²) in [6.45, 7) is 6.36. The van der Waals surface area contributed by atoms with E-state index in [1.165, 1.54) is 4.90 Å². The lowest BCUT2D eigenvalue weighted by molar-refractivity contribution is -0.129. The number of rotatable bonds is 8. The minimum Gasteiger partial charge on any atom is -0.503 e. The van der Waals surface area contributed by atoms with E-state index >= 15 is 0 Å². The monoisotopic (exact) mass is 457 g/mol. The van der Waals surface area contributed by atoms with Crippen LogP contribution in [0.25, 0.3) is 11.0 Å². The Labute approximate surface area is 190 Å². The van der Waals surface area contributed by atoms with Crippen LogP contribution in [0.1, 0.15) is 48.4 Å². The first-order chi connectivity index (χ1) is 15.3. The number of carbonyl (C=O) groups excluding carboxylic acids is 2. The molecule has 0 fully saturated rings. The lowest BCUT2D eigenvalue weighted by atomic mass is 9.99. The number of aliphatic hydroxyl groups excluding tert-OH is 1. The molecule has 3 aromatic rings. The number of nitrogens with zero attached hydrogens (tertiary/aromatic N) is 1. The molecule has 4 rings (SSSR count). The van der Waals surface area contributed by atoms with Crippen LogP contribution in [0.5, 0.6) is 0 Å². The van der Waals surface area contributed by atoms with E-state index in [2.05, 4.69) is 0 Å². The Hall–Kier alpha value is -3.03. The lowest BCUT2D eigenvalue weighted by Gasteiger charge is -2.24. The molecule has 0 spiro atoms. The van der Waals surface area contributed by atoms with E-state index in [-0.39, 0.29) is 24.0 Å². The first-order valence-corrected chi connectivity index (χ1v) is 10.8. The van der Waals surface area contributed by atoms with E-state index in [1.54, 1.807) is 43.3 Å². The summed E-state index contributed by atoms with van der Waals surface area (Å²) < 4.78 is 17.0. The summed E-state index contributed by atoms with van der Waals surface area (Å²) in [5, 5.41) is 11.9. The summed E-state index contributed by atoms with van der Waals surface area (Å²) in [7, 11) is 0. The number of hydrogen-bond donors (Lipinski definition) is 1. The third-order valence-corrected chi connectivity index (χ3v) is 5.51. The van der Waals surface area contributed by atoms with Crippen molar-refractivity contribution in [2.75, 3.05) is 13.2 Å². The van der Waals surface area contributed by atoms with Gasteiger partial charge in [-0.15, -0.1) is 0 Å². The molecule has 0 bridgehead atoms. The van der Waals surface area contributed by atoms with Gasteiger partial charge < -0.3 is 23.6 Å². The molecule has 1 aliphatic rings. The van der Waals surface area contributed by atoms with Crippen molar-refractivity contribution in [3.05, 3.63) is 70.0 Å². The number of ether oxygens (including phenoxy) is 1. The number of benzene rings is 1. The summed E-state index contributed by atoms with van der Waals surface area (Å²) in [6.07, 6.45) is 0.607. The minimum atomic E-state index is -0.862. The van der Waals surface area contributed by atoms with Gasteiger partial charge in [0.05, 0.1) is 11.7 Å². The number of carbonyl (C=O) groups is 2. The van der Waals surface area contributed by atoms with Gasteiger partial charge in [0.1, 0.15) is 23.1 Å². The molecule has 3 heterocycles. The van der Waals surface area contributed by atoms with Crippen LogP contribution in [0.15, 0.2) is 56.6 Å². The number of furan rings is 2. The Bertz CT molecular complexity index is 1200. The second kappa shape index (κ2) is 8.84. The molecule has 0 aliphatic carbocycles. The lowest BCUT2D eigenvalue weighted by Crippen LogP contribution is -2.32. The van der Waals surface area contributed by atoms with Gasteiger partial charge in [-0.05, 0) is 63.6 Å². The largest absolute Gasteiger partial charge is 0.503 e. The van der Waals surface area contributed by atoms with Crippen LogP contribution in [-0.4, -0.2) is 41.0 Å². The highest BCUT2D eigenvalue weighted by atomic mass is 35.5. The molecule has 1 N–H and O–H groups in total. The van der Waals surface area contributed by atoms with Gasteiger partial charge in [-0.1, -0.05) is 11.6 Å². The Morgan fingerprint density at radius 3 is 2.69 bits per heavy atom. The van der Waals surface area contributed by atoms with Crippen molar-refractivity contribution >= 4 is 34.3 Å². The van der Waals surface area contributed by atoms with E-state index < -0.39 is 23.5 Å². The topological polar surface area (TPSA) is 93.1 Å². The molecule has 0 radical (unpaired) electrons. The van der Waals surface area contributed by atoms with E-state index in [4.69, 9.17) is 25.2 Å². The van der Waals surface area contributed by atoms with Gasteiger partial charge in [-0.2, -0.15) is 0 Å². The molecular weight excluding hydrogens is 434 g/mol. The summed E-state index contributed by atoms with van der Waals surface area (Å²) in [5.74, 6) is -0.772. The van der Waals surface area contributed by atoms with E-state index in [0.29, 0.717) is 40.5 Å². The number of Topliss-reactive ketones (excluding diaryl/α,β-unsaturated/α-hetero) is 1. The molecule has 0 saturated heterocycles. The molecule has 1 aliphatic heterocycles. The van der Waals surface area contributed by atoms with Crippen LogP contribution in [0, 0.1) is 6.92 Å². The maximum Gasteiger partial charge on any atom is 0.290 e. The zero-order valence-electron chi connectivity index (χ0n) is 18.1. The van der Waals surface area contributed by atoms with Crippen LogP contribution >= 0.6 is 11.6 Å². The van der Waals surface area contributed by atoms with Crippen molar-refractivity contribution in [3.8, 4) is 0 Å². The van der Waals surface area contributed by atoms with E-state index in [1.807, 2.05) is 13.8 Å². The minimum absolute atomic E-state index is 0.00915. The average molecular weight is 458 g/mol. The van der Waals surface area contributed by atoms with Crippen molar-refractivity contribution in [2.45, 2.75) is 39.3 Å². The molecule has 7 nitrogen and oxygen atoms in total. The summed E-state index contributed by atoms with van der Waals surface area (Å²) in [6, 6.07) is 9.15. The Balaban J connectivity index is 1.69. The van der Waals surface area contributed by atoms with Crippen molar-refractivity contribution < 1.29 is 28.3 Å². The number of hydrogen-bond acceptors (Lipinski definition) is 6. The van der Waals surface area contributed by atoms with Gasteiger partial charge in [-0.3, -0.25) is 9.59 Å². The zero-order valence-corrected chi connectivity index (χ0v) is 18.8. The number of aliphatic hydroxyl groups is 1. The normalized spacial score (nSPS) is 16.7. The van der Waals surface area contributed by atoms with Gasteiger partial charge in [0, 0.05) is 23.6 Å². The first-order valence-electron chi connectivity index (χ1n) is 10.4. The van der Waals surface area contributed by atoms with Crippen LogP contribution in [-0.2, 0) is 9.53 Å². The number of fused-ring (bicyclic) bond motifs is 1. The first kappa shape index (κ1) is 22.2.